The van der Waals surface area contributed by atoms with Gasteiger partial charge in [-0.15, -0.1) is 0 Å². The molecule has 1 aromatic rings. The van der Waals surface area contributed by atoms with Crippen LogP contribution in [0.2, 0.25) is 0 Å². The van der Waals surface area contributed by atoms with E-state index in [0.717, 1.165) is 31.2 Å². The van der Waals surface area contributed by atoms with E-state index in [-0.39, 0.29) is 18.4 Å². The molecule has 5 rings (SSSR count). The second-order valence-electron chi connectivity index (χ2n) is 7.54. The van der Waals surface area contributed by atoms with E-state index in [1.165, 1.54) is 25.3 Å². The van der Waals surface area contributed by atoms with Crippen LogP contribution in [-0.2, 0) is 9.59 Å². The van der Waals surface area contributed by atoms with Gasteiger partial charge in [0.05, 0.1) is 12.8 Å². The molecule has 0 spiro atoms. The van der Waals surface area contributed by atoms with Gasteiger partial charge in [-0.25, -0.2) is 0 Å². The van der Waals surface area contributed by atoms with E-state index >= 15 is 0 Å². The van der Waals surface area contributed by atoms with Crippen LogP contribution in [0.25, 0.3) is 6.08 Å². The molecule has 4 fully saturated rings. The zero-order chi connectivity index (χ0) is 16.5. The van der Waals surface area contributed by atoms with Crippen molar-refractivity contribution in [3.05, 3.63) is 30.2 Å². The number of rotatable bonds is 4. The standard InChI is InChI=1S/C19H24N2O3/c22-18(4-3-17-2-1-5-24-17)20-11-19(23)21-12-15-7-13-6-14(8-15)10-16(21)9-13/h1-5,13-16H,6-12H2,(H,20,22)/b4-3+. The van der Waals surface area contributed by atoms with Crippen LogP contribution in [0.1, 0.15) is 37.9 Å². The average Bonchev–Trinajstić information content (AvgIpc) is 3.00. The van der Waals surface area contributed by atoms with Crippen molar-refractivity contribution >= 4 is 17.9 Å². The van der Waals surface area contributed by atoms with Crippen molar-refractivity contribution in [1.29, 1.82) is 0 Å². The molecule has 128 valence electrons. The Bertz CT molecular complexity index is 623. The molecule has 0 radical (unpaired) electrons. The zero-order valence-corrected chi connectivity index (χ0v) is 13.8. The van der Waals surface area contributed by atoms with Crippen molar-refractivity contribution in [3.8, 4) is 0 Å². The van der Waals surface area contributed by atoms with E-state index < -0.39 is 0 Å². The number of hydrogen-bond donors (Lipinski definition) is 1. The number of carbonyl (C=O) groups excluding carboxylic acids is 2. The smallest absolute Gasteiger partial charge is 0.244 e. The Labute approximate surface area is 142 Å². The van der Waals surface area contributed by atoms with E-state index in [1.54, 1.807) is 24.5 Å². The van der Waals surface area contributed by atoms with E-state index in [2.05, 4.69) is 10.2 Å². The van der Waals surface area contributed by atoms with Gasteiger partial charge in [-0.3, -0.25) is 9.59 Å². The fraction of sp³-hybridized carbons (Fsp3) is 0.579. The minimum Gasteiger partial charge on any atom is -0.465 e. The Hall–Kier alpha value is -2.04. The third-order valence-electron chi connectivity index (χ3n) is 5.78. The van der Waals surface area contributed by atoms with Gasteiger partial charge in [0.2, 0.25) is 11.8 Å². The Kier molecular flexibility index (Phi) is 4.17. The van der Waals surface area contributed by atoms with Crippen molar-refractivity contribution in [3.63, 3.8) is 0 Å². The van der Waals surface area contributed by atoms with Crippen LogP contribution in [0.4, 0.5) is 0 Å². The summed E-state index contributed by atoms with van der Waals surface area (Å²) >= 11 is 0. The van der Waals surface area contributed by atoms with Gasteiger partial charge in [0.25, 0.3) is 0 Å². The SMILES string of the molecule is O=C(/C=C/c1ccco1)NCC(=O)N1CC2CC3CC(C2)CC1C3. The molecule has 2 saturated heterocycles. The summed E-state index contributed by atoms with van der Waals surface area (Å²) in [4.78, 5) is 26.5. The van der Waals surface area contributed by atoms with Crippen LogP contribution in [0.15, 0.2) is 28.9 Å². The zero-order valence-electron chi connectivity index (χ0n) is 13.8. The van der Waals surface area contributed by atoms with E-state index in [9.17, 15) is 9.59 Å². The van der Waals surface area contributed by atoms with Gasteiger partial charge in [-0.2, -0.15) is 0 Å². The van der Waals surface area contributed by atoms with Crippen LogP contribution >= 0.6 is 0 Å². The minimum atomic E-state index is -0.264. The summed E-state index contributed by atoms with van der Waals surface area (Å²) in [5.74, 6) is 2.72. The highest BCUT2D eigenvalue weighted by atomic mass is 16.3. The highest BCUT2D eigenvalue weighted by Gasteiger charge is 2.43. The van der Waals surface area contributed by atoms with E-state index in [0.29, 0.717) is 17.7 Å². The summed E-state index contributed by atoms with van der Waals surface area (Å²) in [6.45, 7) is 0.967. The summed E-state index contributed by atoms with van der Waals surface area (Å²) in [5.41, 5.74) is 0. The number of furan rings is 1. The summed E-state index contributed by atoms with van der Waals surface area (Å²) in [6.07, 6.45) is 10.8. The van der Waals surface area contributed by atoms with Gasteiger partial charge in [0, 0.05) is 18.7 Å². The largest absolute Gasteiger partial charge is 0.465 e. The summed E-state index contributed by atoms with van der Waals surface area (Å²) < 4.78 is 5.14. The number of hydrogen-bond acceptors (Lipinski definition) is 3. The molecule has 2 aliphatic carbocycles. The molecular weight excluding hydrogens is 304 g/mol. The first-order chi connectivity index (χ1) is 11.7. The van der Waals surface area contributed by atoms with E-state index in [1.807, 2.05) is 0 Å². The van der Waals surface area contributed by atoms with Crippen molar-refractivity contribution in [2.45, 2.75) is 38.1 Å². The molecule has 0 aromatic carbocycles. The van der Waals surface area contributed by atoms with Gasteiger partial charge in [-0.1, -0.05) is 0 Å². The Morgan fingerprint density at radius 3 is 2.62 bits per heavy atom. The Morgan fingerprint density at radius 2 is 1.92 bits per heavy atom. The Balaban J connectivity index is 1.32. The van der Waals surface area contributed by atoms with Crippen molar-refractivity contribution in [1.82, 2.24) is 10.2 Å². The molecule has 2 unspecified atom stereocenters. The highest BCUT2D eigenvalue weighted by Crippen LogP contribution is 2.47. The molecule has 3 heterocycles. The molecule has 1 aromatic heterocycles. The van der Waals surface area contributed by atoms with Crippen molar-refractivity contribution in [2.24, 2.45) is 17.8 Å². The number of amides is 2. The number of fused-ring (bicyclic) bond motifs is 1. The molecular formula is C19H24N2O3. The van der Waals surface area contributed by atoms with Gasteiger partial charge in [0.1, 0.15) is 5.76 Å². The van der Waals surface area contributed by atoms with Crippen LogP contribution in [0.3, 0.4) is 0 Å². The van der Waals surface area contributed by atoms with Crippen LogP contribution < -0.4 is 5.32 Å². The second kappa shape index (κ2) is 6.46. The van der Waals surface area contributed by atoms with Crippen LogP contribution in [-0.4, -0.2) is 35.8 Å². The second-order valence-corrected chi connectivity index (χ2v) is 7.54. The predicted octanol–water partition coefficient (Wildman–Crippen LogP) is 2.45. The molecule has 1 N–H and O–H groups in total. The predicted molar refractivity (Wildman–Crippen MR) is 89.8 cm³/mol. The molecule has 2 amide bonds. The third kappa shape index (κ3) is 3.25. The maximum atomic E-state index is 12.6. The fourth-order valence-electron chi connectivity index (χ4n) is 4.96. The first-order valence-electron chi connectivity index (χ1n) is 8.96. The fourth-order valence-corrected chi connectivity index (χ4v) is 4.96. The lowest BCUT2D eigenvalue weighted by Gasteiger charge is -2.39. The topological polar surface area (TPSA) is 62.6 Å². The lowest BCUT2D eigenvalue weighted by atomic mass is 9.68. The molecule has 24 heavy (non-hydrogen) atoms. The number of nitrogens with one attached hydrogen (secondary N) is 1. The molecule has 5 nitrogen and oxygen atoms in total. The first-order valence-corrected chi connectivity index (χ1v) is 8.96. The molecule has 4 aliphatic rings. The number of carbonyl (C=O) groups is 2. The monoisotopic (exact) mass is 328 g/mol. The summed E-state index contributed by atoms with van der Waals surface area (Å²) in [7, 11) is 0. The van der Waals surface area contributed by atoms with Crippen LogP contribution in [0.5, 0.6) is 0 Å². The van der Waals surface area contributed by atoms with Crippen molar-refractivity contribution in [2.75, 3.05) is 13.1 Å². The average molecular weight is 328 g/mol. The highest BCUT2D eigenvalue weighted by molar-refractivity contribution is 5.94. The summed E-state index contributed by atoms with van der Waals surface area (Å²) in [6, 6.07) is 3.94. The van der Waals surface area contributed by atoms with Gasteiger partial charge in [-0.05, 0) is 68.1 Å². The minimum absolute atomic E-state index is 0.0629. The molecule has 2 atom stereocenters. The molecule has 5 heteroatoms. The maximum Gasteiger partial charge on any atom is 0.244 e. The summed E-state index contributed by atoms with van der Waals surface area (Å²) in [5, 5.41) is 2.71. The number of nitrogens with zero attached hydrogens (tertiary/aromatic N) is 1. The molecule has 2 saturated carbocycles. The van der Waals surface area contributed by atoms with Gasteiger partial charge < -0.3 is 14.6 Å². The lowest BCUT2D eigenvalue weighted by molar-refractivity contribution is -0.134. The van der Waals surface area contributed by atoms with Gasteiger partial charge in [0.15, 0.2) is 0 Å². The third-order valence-corrected chi connectivity index (χ3v) is 5.78. The van der Waals surface area contributed by atoms with Crippen LogP contribution in [0, 0.1) is 17.8 Å². The quantitative estimate of drug-likeness (QED) is 0.864. The van der Waals surface area contributed by atoms with Crippen molar-refractivity contribution < 1.29 is 14.0 Å². The first kappa shape index (κ1) is 15.5. The molecule has 2 aliphatic heterocycles. The maximum absolute atomic E-state index is 12.6. The normalized spacial score (nSPS) is 31.4. The Morgan fingerprint density at radius 1 is 1.17 bits per heavy atom. The van der Waals surface area contributed by atoms with E-state index in [4.69, 9.17) is 4.42 Å². The van der Waals surface area contributed by atoms with Gasteiger partial charge >= 0.3 is 0 Å². The lowest BCUT2D eigenvalue weighted by Crippen LogP contribution is -2.46. The molecule has 4 bridgehead atoms.